The molecule has 1 heterocycles. The van der Waals surface area contributed by atoms with E-state index in [1.54, 1.807) is 0 Å². The van der Waals surface area contributed by atoms with Crippen molar-refractivity contribution in [3.05, 3.63) is 65.7 Å². The van der Waals surface area contributed by atoms with Crippen molar-refractivity contribution in [1.82, 2.24) is 15.3 Å². The predicted octanol–water partition coefficient (Wildman–Crippen LogP) is 2.70. The largest absolute Gasteiger partial charge is 0.481 e. The number of sulfonamides is 1. The van der Waals surface area contributed by atoms with Crippen LogP contribution in [0.5, 0.6) is 11.9 Å². The average Bonchev–Trinajstić information content (AvgIpc) is 2.80. The number of thiocarbonyl (C=S) groups is 1. The molecule has 0 spiro atoms. The van der Waals surface area contributed by atoms with Crippen molar-refractivity contribution < 1.29 is 31.5 Å². The fourth-order valence-electron chi connectivity index (χ4n) is 2.54. The maximum atomic E-state index is 13.3. The van der Waals surface area contributed by atoms with Crippen molar-refractivity contribution in [2.75, 3.05) is 24.3 Å². The topological polar surface area (TPSA) is 132 Å². The molecule has 1 aromatic heterocycles. The van der Waals surface area contributed by atoms with Gasteiger partial charge in [0, 0.05) is 17.3 Å². The van der Waals surface area contributed by atoms with Crippen LogP contribution in [-0.4, -0.2) is 43.6 Å². The second-order valence-electron chi connectivity index (χ2n) is 6.45. The molecule has 0 saturated carbocycles. The predicted molar refractivity (Wildman–Crippen MR) is 122 cm³/mol. The van der Waals surface area contributed by atoms with Crippen LogP contribution in [0.25, 0.3) is 0 Å². The Morgan fingerprint density at radius 3 is 2.29 bits per heavy atom. The van der Waals surface area contributed by atoms with Crippen LogP contribution in [-0.2, 0) is 10.0 Å². The number of carbonyl (C=O) groups is 1. The molecule has 3 rings (SSSR count). The molecule has 0 aliphatic rings. The van der Waals surface area contributed by atoms with Crippen LogP contribution in [0.3, 0.4) is 0 Å². The van der Waals surface area contributed by atoms with Gasteiger partial charge < -0.3 is 14.8 Å². The Morgan fingerprint density at radius 1 is 0.971 bits per heavy atom. The number of methoxy groups -OCH3 is 2. The zero-order valence-corrected chi connectivity index (χ0v) is 19.3. The Bertz CT molecular complexity index is 1320. The Balaban J connectivity index is 1.66. The summed E-state index contributed by atoms with van der Waals surface area (Å²) in [4.78, 5) is 19.8. The van der Waals surface area contributed by atoms with Crippen molar-refractivity contribution >= 4 is 44.8 Å². The molecule has 0 aliphatic heterocycles. The standard InChI is InChI=1S/C20H17F2N5O5S2/c1-31-17-10-16(24-19(25-17)32-2)27-34(29,30)13-6-4-12(5-7-13)23-20(33)26-18(28)11-3-8-14(21)15(22)9-11/h3-10H,1-2H3,(H,24,25,27)(H2,23,26,28,33). The van der Waals surface area contributed by atoms with Crippen LogP contribution < -0.4 is 24.8 Å². The molecule has 34 heavy (non-hydrogen) atoms. The summed E-state index contributed by atoms with van der Waals surface area (Å²) in [5.41, 5.74) is 0.230. The lowest BCUT2D eigenvalue weighted by Crippen LogP contribution is -2.34. The van der Waals surface area contributed by atoms with E-state index in [-0.39, 0.29) is 33.3 Å². The average molecular weight is 510 g/mol. The van der Waals surface area contributed by atoms with Gasteiger partial charge in [-0.05, 0) is 54.7 Å². The molecule has 0 radical (unpaired) electrons. The summed E-state index contributed by atoms with van der Waals surface area (Å²) < 4.78 is 63.8. The SMILES string of the molecule is COc1cc(NS(=O)(=O)c2ccc(NC(=S)NC(=O)c3ccc(F)c(F)c3)cc2)nc(OC)n1. The lowest BCUT2D eigenvalue weighted by Gasteiger charge is -2.12. The first-order chi connectivity index (χ1) is 16.1. The van der Waals surface area contributed by atoms with Gasteiger partial charge in [-0.15, -0.1) is 0 Å². The number of halogens is 2. The first kappa shape index (κ1) is 24.7. The molecule has 10 nitrogen and oxygen atoms in total. The van der Waals surface area contributed by atoms with E-state index in [4.69, 9.17) is 21.7 Å². The minimum absolute atomic E-state index is 0.0629. The van der Waals surface area contributed by atoms with Gasteiger partial charge in [0.2, 0.25) is 5.88 Å². The van der Waals surface area contributed by atoms with Gasteiger partial charge in [0.1, 0.15) is 0 Å². The van der Waals surface area contributed by atoms with Gasteiger partial charge in [0.05, 0.1) is 19.1 Å². The van der Waals surface area contributed by atoms with E-state index in [9.17, 15) is 22.0 Å². The summed E-state index contributed by atoms with van der Waals surface area (Å²) in [5.74, 6) is -2.97. The molecule has 0 unspecified atom stereocenters. The van der Waals surface area contributed by atoms with Gasteiger partial charge >= 0.3 is 6.01 Å². The van der Waals surface area contributed by atoms with Crippen LogP contribution in [0.2, 0.25) is 0 Å². The lowest BCUT2D eigenvalue weighted by molar-refractivity contribution is 0.0977. The highest BCUT2D eigenvalue weighted by Crippen LogP contribution is 2.21. The third-order valence-corrected chi connectivity index (χ3v) is 5.72. The number of hydrogen-bond acceptors (Lipinski definition) is 8. The highest BCUT2D eigenvalue weighted by molar-refractivity contribution is 7.92. The third kappa shape index (κ3) is 6.11. The van der Waals surface area contributed by atoms with E-state index in [0.717, 1.165) is 18.2 Å². The van der Waals surface area contributed by atoms with Gasteiger partial charge in [0.25, 0.3) is 15.9 Å². The number of amides is 1. The summed E-state index contributed by atoms with van der Waals surface area (Å²) in [7, 11) is -1.34. The number of hydrogen-bond donors (Lipinski definition) is 3. The quantitative estimate of drug-likeness (QED) is 0.411. The monoisotopic (exact) mass is 509 g/mol. The van der Waals surface area contributed by atoms with E-state index in [2.05, 4.69) is 25.3 Å². The van der Waals surface area contributed by atoms with Gasteiger partial charge in [-0.25, -0.2) is 17.2 Å². The summed E-state index contributed by atoms with van der Waals surface area (Å²) in [6.07, 6.45) is 0. The van der Waals surface area contributed by atoms with Crippen LogP contribution >= 0.6 is 12.2 Å². The molecule has 1 amide bonds. The van der Waals surface area contributed by atoms with Crippen LogP contribution in [0, 0.1) is 11.6 Å². The molecule has 3 N–H and O–H groups in total. The van der Waals surface area contributed by atoms with Crippen LogP contribution in [0.4, 0.5) is 20.3 Å². The van der Waals surface area contributed by atoms with E-state index >= 15 is 0 Å². The fourth-order valence-corrected chi connectivity index (χ4v) is 3.74. The van der Waals surface area contributed by atoms with Gasteiger partial charge in [0.15, 0.2) is 22.6 Å². The number of nitrogens with one attached hydrogen (secondary N) is 3. The maximum Gasteiger partial charge on any atom is 0.321 e. The summed E-state index contributed by atoms with van der Waals surface area (Å²) in [6, 6.07) is 9.26. The molecule has 2 aromatic carbocycles. The Morgan fingerprint density at radius 2 is 1.68 bits per heavy atom. The number of anilines is 2. The smallest absolute Gasteiger partial charge is 0.321 e. The number of rotatable bonds is 7. The zero-order valence-electron chi connectivity index (χ0n) is 17.6. The second-order valence-corrected chi connectivity index (χ2v) is 8.54. The number of nitrogens with zero attached hydrogens (tertiary/aromatic N) is 2. The van der Waals surface area contributed by atoms with Crippen molar-refractivity contribution in [1.29, 1.82) is 0 Å². The lowest BCUT2D eigenvalue weighted by atomic mass is 10.2. The second kappa shape index (κ2) is 10.4. The molecule has 14 heteroatoms. The van der Waals surface area contributed by atoms with Gasteiger partial charge in [-0.1, -0.05) is 0 Å². The molecule has 0 atom stereocenters. The normalized spacial score (nSPS) is 10.8. The molecule has 0 fully saturated rings. The highest BCUT2D eigenvalue weighted by Gasteiger charge is 2.17. The number of benzene rings is 2. The number of carbonyl (C=O) groups excluding carboxylic acids is 1. The minimum atomic E-state index is -4.02. The number of ether oxygens (including phenoxy) is 2. The highest BCUT2D eigenvalue weighted by atomic mass is 32.2. The van der Waals surface area contributed by atoms with Gasteiger partial charge in [-0.3, -0.25) is 14.8 Å². The van der Waals surface area contributed by atoms with E-state index in [0.29, 0.717) is 5.69 Å². The molecular weight excluding hydrogens is 492 g/mol. The van der Waals surface area contributed by atoms with Crippen molar-refractivity contribution in [2.45, 2.75) is 4.90 Å². The molecular formula is C20H17F2N5O5S2. The minimum Gasteiger partial charge on any atom is -0.481 e. The van der Waals surface area contributed by atoms with Gasteiger partial charge in [-0.2, -0.15) is 9.97 Å². The van der Waals surface area contributed by atoms with E-state index < -0.39 is 27.6 Å². The molecule has 0 bridgehead atoms. The molecule has 178 valence electrons. The number of aromatic nitrogens is 2. The maximum absolute atomic E-state index is 13.3. The summed E-state index contributed by atoms with van der Waals surface area (Å²) in [5, 5.41) is 4.87. The van der Waals surface area contributed by atoms with Crippen LogP contribution in [0.1, 0.15) is 10.4 Å². The summed E-state index contributed by atoms with van der Waals surface area (Å²) >= 11 is 5.03. The molecule has 0 aliphatic carbocycles. The van der Waals surface area contributed by atoms with Crippen molar-refractivity contribution in [3.8, 4) is 11.9 Å². The van der Waals surface area contributed by atoms with E-state index in [1.165, 1.54) is 44.6 Å². The molecule has 3 aromatic rings. The fraction of sp³-hybridized carbons (Fsp3) is 0.100. The molecule has 0 saturated heterocycles. The first-order valence-corrected chi connectivity index (χ1v) is 11.2. The first-order valence-electron chi connectivity index (χ1n) is 9.28. The Kier molecular flexibility index (Phi) is 7.53. The summed E-state index contributed by atoms with van der Waals surface area (Å²) in [6.45, 7) is 0. The zero-order chi connectivity index (χ0) is 24.9. The van der Waals surface area contributed by atoms with Crippen molar-refractivity contribution in [3.63, 3.8) is 0 Å². The van der Waals surface area contributed by atoms with Crippen LogP contribution in [0.15, 0.2) is 53.4 Å². The Labute approximate surface area is 198 Å². The Hall–Kier alpha value is -3.91. The van der Waals surface area contributed by atoms with Crippen molar-refractivity contribution in [2.24, 2.45) is 0 Å². The third-order valence-electron chi connectivity index (χ3n) is 4.14. The van der Waals surface area contributed by atoms with E-state index in [1.807, 2.05) is 0 Å².